The van der Waals surface area contributed by atoms with E-state index in [1.165, 1.54) is 19.3 Å². The second-order valence-corrected chi connectivity index (χ2v) is 6.47. The first kappa shape index (κ1) is 13.0. The molecule has 1 unspecified atom stereocenters. The Morgan fingerprint density at radius 2 is 2.19 bits per heavy atom. The lowest BCUT2D eigenvalue weighted by atomic mass is 9.79. The van der Waals surface area contributed by atoms with Crippen LogP contribution in [0.5, 0.6) is 0 Å². The fourth-order valence-corrected chi connectivity index (χ4v) is 3.79. The molecule has 2 aliphatic rings. The molecule has 1 spiro atoms. The number of aromatic nitrogens is 3. The van der Waals surface area contributed by atoms with Crippen LogP contribution >= 0.6 is 0 Å². The van der Waals surface area contributed by atoms with E-state index in [1.807, 2.05) is 19.1 Å². The Labute approximate surface area is 124 Å². The van der Waals surface area contributed by atoms with Crippen molar-refractivity contribution in [3.8, 4) is 0 Å². The van der Waals surface area contributed by atoms with Gasteiger partial charge in [-0.15, -0.1) is 0 Å². The molecule has 0 aromatic carbocycles. The Bertz CT molecular complexity index is 663. The molecule has 5 nitrogen and oxygen atoms in total. The summed E-state index contributed by atoms with van der Waals surface area (Å²) >= 11 is 0. The van der Waals surface area contributed by atoms with Crippen LogP contribution < -0.4 is 10.2 Å². The molecule has 1 atom stereocenters. The van der Waals surface area contributed by atoms with E-state index in [0.29, 0.717) is 5.41 Å². The van der Waals surface area contributed by atoms with Crippen LogP contribution in [0.1, 0.15) is 25.0 Å². The van der Waals surface area contributed by atoms with Gasteiger partial charge >= 0.3 is 0 Å². The van der Waals surface area contributed by atoms with Crippen molar-refractivity contribution in [2.45, 2.75) is 26.2 Å². The van der Waals surface area contributed by atoms with Crippen molar-refractivity contribution in [1.29, 1.82) is 0 Å². The van der Waals surface area contributed by atoms with Crippen molar-refractivity contribution < 1.29 is 0 Å². The summed E-state index contributed by atoms with van der Waals surface area (Å²) in [5.41, 5.74) is 3.34. The van der Waals surface area contributed by atoms with E-state index in [2.05, 4.69) is 25.2 Å². The first-order valence-electron chi connectivity index (χ1n) is 7.80. The predicted octanol–water partition coefficient (Wildman–Crippen LogP) is 1.91. The van der Waals surface area contributed by atoms with Crippen LogP contribution in [0.2, 0.25) is 0 Å². The standard InChI is InChI=1S/C16H21N5/c1-12-3-4-13-14(20-12)15(19-11-18-13)21-8-2-5-16(10-21)6-7-17-9-16/h3-4,11,17H,2,5-10H2,1H3. The molecule has 110 valence electrons. The molecule has 0 aliphatic carbocycles. The summed E-state index contributed by atoms with van der Waals surface area (Å²) in [5.74, 6) is 1.01. The maximum Gasteiger partial charge on any atom is 0.158 e. The van der Waals surface area contributed by atoms with Crippen molar-refractivity contribution in [3.63, 3.8) is 0 Å². The van der Waals surface area contributed by atoms with E-state index in [9.17, 15) is 0 Å². The van der Waals surface area contributed by atoms with Crippen LogP contribution in [0.4, 0.5) is 5.82 Å². The van der Waals surface area contributed by atoms with Gasteiger partial charge in [0.25, 0.3) is 0 Å². The van der Waals surface area contributed by atoms with Crippen LogP contribution in [-0.2, 0) is 0 Å². The Kier molecular flexibility index (Phi) is 3.03. The number of pyridine rings is 1. The number of piperidine rings is 1. The zero-order chi connectivity index (χ0) is 14.3. The van der Waals surface area contributed by atoms with Crippen LogP contribution in [0.3, 0.4) is 0 Å². The maximum atomic E-state index is 4.68. The van der Waals surface area contributed by atoms with E-state index in [1.54, 1.807) is 6.33 Å². The molecule has 0 saturated carbocycles. The summed E-state index contributed by atoms with van der Waals surface area (Å²) in [4.78, 5) is 16.0. The van der Waals surface area contributed by atoms with Gasteiger partial charge in [-0.1, -0.05) is 0 Å². The van der Waals surface area contributed by atoms with Crippen molar-refractivity contribution in [3.05, 3.63) is 24.2 Å². The molecule has 2 saturated heterocycles. The zero-order valence-corrected chi connectivity index (χ0v) is 12.5. The quantitative estimate of drug-likeness (QED) is 0.866. The minimum absolute atomic E-state index is 0.430. The highest BCUT2D eigenvalue weighted by Gasteiger charge is 2.38. The number of nitrogens with one attached hydrogen (secondary N) is 1. The smallest absolute Gasteiger partial charge is 0.158 e. The Balaban J connectivity index is 1.74. The summed E-state index contributed by atoms with van der Waals surface area (Å²) in [6, 6.07) is 4.05. The highest BCUT2D eigenvalue weighted by atomic mass is 15.2. The van der Waals surface area contributed by atoms with Crippen molar-refractivity contribution >= 4 is 16.9 Å². The first-order valence-corrected chi connectivity index (χ1v) is 7.80. The van der Waals surface area contributed by atoms with Gasteiger partial charge in [-0.2, -0.15) is 0 Å². The lowest BCUT2D eigenvalue weighted by Crippen LogP contribution is -2.45. The van der Waals surface area contributed by atoms with Crippen LogP contribution in [0.15, 0.2) is 18.5 Å². The van der Waals surface area contributed by atoms with Crippen LogP contribution in [0.25, 0.3) is 11.0 Å². The molecule has 4 heterocycles. The molecule has 4 rings (SSSR count). The van der Waals surface area contributed by atoms with E-state index in [0.717, 1.165) is 48.7 Å². The Morgan fingerprint density at radius 3 is 3.05 bits per heavy atom. The van der Waals surface area contributed by atoms with Crippen LogP contribution in [0, 0.1) is 12.3 Å². The van der Waals surface area contributed by atoms with Crippen molar-refractivity contribution in [2.24, 2.45) is 5.41 Å². The number of hydrogen-bond acceptors (Lipinski definition) is 5. The molecule has 0 bridgehead atoms. The minimum atomic E-state index is 0.430. The maximum absolute atomic E-state index is 4.68. The molecule has 2 aliphatic heterocycles. The fraction of sp³-hybridized carbons (Fsp3) is 0.562. The third kappa shape index (κ3) is 2.25. The number of nitrogens with zero attached hydrogens (tertiary/aromatic N) is 4. The zero-order valence-electron chi connectivity index (χ0n) is 12.5. The fourth-order valence-electron chi connectivity index (χ4n) is 3.79. The molecule has 1 N–H and O–H groups in total. The third-order valence-corrected chi connectivity index (χ3v) is 4.89. The Morgan fingerprint density at radius 1 is 1.24 bits per heavy atom. The van der Waals surface area contributed by atoms with Crippen molar-refractivity contribution in [1.82, 2.24) is 20.3 Å². The monoisotopic (exact) mass is 283 g/mol. The average molecular weight is 283 g/mol. The van der Waals surface area contributed by atoms with Gasteiger partial charge in [-0.25, -0.2) is 15.0 Å². The topological polar surface area (TPSA) is 53.9 Å². The highest BCUT2D eigenvalue weighted by molar-refractivity contribution is 5.85. The molecule has 2 aromatic heterocycles. The van der Waals surface area contributed by atoms with E-state index in [-0.39, 0.29) is 0 Å². The summed E-state index contributed by atoms with van der Waals surface area (Å²) in [5, 5.41) is 3.53. The van der Waals surface area contributed by atoms with Gasteiger partial charge in [0.05, 0.1) is 5.52 Å². The number of hydrogen-bond donors (Lipinski definition) is 1. The molecular formula is C16H21N5. The van der Waals surface area contributed by atoms with E-state index in [4.69, 9.17) is 0 Å². The number of aryl methyl sites for hydroxylation is 1. The first-order chi connectivity index (χ1) is 10.3. The van der Waals surface area contributed by atoms with Gasteiger partial charge in [-0.3, -0.25) is 0 Å². The lowest BCUT2D eigenvalue weighted by Gasteiger charge is -2.40. The molecule has 21 heavy (non-hydrogen) atoms. The SMILES string of the molecule is Cc1ccc2ncnc(N3CCCC4(CCNC4)C3)c2n1. The van der Waals surface area contributed by atoms with Gasteiger partial charge in [0.15, 0.2) is 5.82 Å². The molecule has 0 amide bonds. The van der Waals surface area contributed by atoms with Crippen molar-refractivity contribution in [2.75, 3.05) is 31.1 Å². The minimum Gasteiger partial charge on any atom is -0.354 e. The normalized spacial score (nSPS) is 25.9. The highest BCUT2D eigenvalue weighted by Crippen LogP contribution is 2.37. The second kappa shape index (κ2) is 4.91. The van der Waals surface area contributed by atoms with Gasteiger partial charge in [0.1, 0.15) is 11.8 Å². The van der Waals surface area contributed by atoms with Gasteiger partial charge in [0.2, 0.25) is 0 Å². The van der Waals surface area contributed by atoms with Crippen LogP contribution in [-0.4, -0.2) is 41.1 Å². The molecule has 0 radical (unpaired) electrons. The predicted molar refractivity (Wildman–Crippen MR) is 83.4 cm³/mol. The average Bonchev–Trinajstić information content (AvgIpc) is 2.94. The summed E-state index contributed by atoms with van der Waals surface area (Å²) in [6.45, 7) is 6.47. The second-order valence-electron chi connectivity index (χ2n) is 6.47. The van der Waals surface area contributed by atoms with Gasteiger partial charge in [-0.05, 0) is 44.9 Å². The molecule has 2 aromatic rings. The van der Waals surface area contributed by atoms with Gasteiger partial charge < -0.3 is 10.2 Å². The molecular weight excluding hydrogens is 262 g/mol. The summed E-state index contributed by atoms with van der Waals surface area (Å²) < 4.78 is 0. The molecule has 5 heteroatoms. The number of anilines is 1. The van der Waals surface area contributed by atoms with Gasteiger partial charge in [0, 0.05) is 30.7 Å². The largest absolute Gasteiger partial charge is 0.354 e. The van der Waals surface area contributed by atoms with E-state index < -0.39 is 0 Å². The van der Waals surface area contributed by atoms with E-state index >= 15 is 0 Å². The lowest BCUT2D eigenvalue weighted by molar-refractivity contribution is 0.260. The Hall–Kier alpha value is -1.75. The third-order valence-electron chi connectivity index (χ3n) is 4.89. The summed E-state index contributed by atoms with van der Waals surface area (Å²) in [6.07, 6.45) is 5.51. The number of fused-ring (bicyclic) bond motifs is 1. The number of rotatable bonds is 1. The molecule has 2 fully saturated rings. The summed E-state index contributed by atoms with van der Waals surface area (Å²) in [7, 11) is 0.